The molecule has 5 heteroatoms. The first-order valence-corrected chi connectivity index (χ1v) is 6.54. The van der Waals surface area contributed by atoms with Crippen LogP contribution in [0.4, 0.5) is 0 Å². The fourth-order valence-corrected chi connectivity index (χ4v) is 2.37. The predicted molar refractivity (Wildman–Crippen MR) is 79.9 cm³/mol. The monoisotopic (exact) mass is 304 g/mol. The van der Waals surface area contributed by atoms with Gasteiger partial charge in [0.25, 0.3) is 0 Å². The third kappa shape index (κ3) is 2.90. The SMILES string of the molecule is COC(=O)c1ccc(Cl)c(-c2cccc(C)c2C(=O)O)c1. The van der Waals surface area contributed by atoms with Crippen LogP contribution in [-0.4, -0.2) is 24.2 Å². The summed E-state index contributed by atoms with van der Waals surface area (Å²) >= 11 is 6.16. The van der Waals surface area contributed by atoms with Gasteiger partial charge in [0, 0.05) is 10.6 Å². The maximum Gasteiger partial charge on any atom is 0.337 e. The van der Waals surface area contributed by atoms with Crippen molar-refractivity contribution in [1.29, 1.82) is 0 Å². The number of rotatable bonds is 3. The van der Waals surface area contributed by atoms with Crippen molar-refractivity contribution in [2.75, 3.05) is 7.11 Å². The normalized spacial score (nSPS) is 10.2. The van der Waals surface area contributed by atoms with Gasteiger partial charge < -0.3 is 9.84 Å². The minimum atomic E-state index is -1.04. The van der Waals surface area contributed by atoms with Crippen LogP contribution >= 0.6 is 11.6 Å². The maximum atomic E-state index is 11.6. The van der Waals surface area contributed by atoms with Gasteiger partial charge in [0.05, 0.1) is 18.2 Å². The first-order chi connectivity index (χ1) is 9.95. The minimum absolute atomic E-state index is 0.168. The van der Waals surface area contributed by atoms with Gasteiger partial charge in [-0.25, -0.2) is 9.59 Å². The van der Waals surface area contributed by atoms with Crippen molar-refractivity contribution in [3.63, 3.8) is 0 Å². The van der Waals surface area contributed by atoms with Crippen LogP contribution in [0.2, 0.25) is 5.02 Å². The molecule has 0 amide bonds. The number of benzene rings is 2. The van der Waals surface area contributed by atoms with E-state index in [1.165, 1.54) is 19.2 Å². The Morgan fingerprint density at radius 3 is 2.48 bits per heavy atom. The van der Waals surface area contributed by atoms with E-state index < -0.39 is 11.9 Å². The summed E-state index contributed by atoms with van der Waals surface area (Å²) in [6.07, 6.45) is 0. The van der Waals surface area contributed by atoms with Crippen LogP contribution in [0.15, 0.2) is 36.4 Å². The Labute approximate surface area is 126 Å². The predicted octanol–water partition coefficient (Wildman–Crippen LogP) is 3.80. The Hall–Kier alpha value is -2.33. The van der Waals surface area contributed by atoms with Gasteiger partial charge in [-0.05, 0) is 36.2 Å². The summed E-state index contributed by atoms with van der Waals surface area (Å²) < 4.78 is 4.67. The van der Waals surface area contributed by atoms with Crippen molar-refractivity contribution < 1.29 is 19.4 Å². The van der Waals surface area contributed by atoms with Gasteiger partial charge in [0.15, 0.2) is 0 Å². The molecular weight excluding hydrogens is 292 g/mol. The Balaban J connectivity index is 2.70. The van der Waals surface area contributed by atoms with Gasteiger partial charge >= 0.3 is 11.9 Å². The number of carboxylic acid groups (broad SMARTS) is 1. The highest BCUT2D eigenvalue weighted by Crippen LogP contribution is 2.33. The third-order valence-electron chi connectivity index (χ3n) is 3.16. The Morgan fingerprint density at radius 1 is 1.14 bits per heavy atom. The molecule has 0 fully saturated rings. The summed E-state index contributed by atoms with van der Waals surface area (Å²) in [4.78, 5) is 23.1. The number of aromatic carboxylic acids is 1. The van der Waals surface area contributed by atoms with Crippen molar-refractivity contribution in [2.24, 2.45) is 0 Å². The number of carboxylic acids is 1. The summed E-state index contributed by atoms with van der Waals surface area (Å²) in [5.74, 6) is -1.54. The lowest BCUT2D eigenvalue weighted by Crippen LogP contribution is -2.04. The molecule has 0 atom stereocenters. The fourth-order valence-electron chi connectivity index (χ4n) is 2.15. The van der Waals surface area contributed by atoms with Gasteiger partial charge in [-0.2, -0.15) is 0 Å². The molecular formula is C16H13ClO4. The molecule has 4 nitrogen and oxygen atoms in total. The molecule has 2 aromatic carbocycles. The van der Waals surface area contributed by atoms with E-state index in [9.17, 15) is 14.7 Å². The number of aryl methyl sites for hydroxylation is 1. The molecule has 2 rings (SSSR count). The first kappa shape index (κ1) is 15.1. The number of carbonyl (C=O) groups excluding carboxylic acids is 1. The summed E-state index contributed by atoms with van der Waals surface area (Å²) in [6, 6.07) is 9.75. The van der Waals surface area contributed by atoms with E-state index >= 15 is 0 Å². The van der Waals surface area contributed by atoms with Crippen molar-refractivity contribution >= 4 is 23.5 Å². The van der Waals surface area contributed by atoms with E-state index in [4.69, 9.17) is 11.6 Å². The lowest BCUT2D eigenvalue weighted by atomic mass is 9.95. The van der Waals surface area contributed by atoms with Crippen LogP contribution in [0.25, 0.3) is 11.1 Å². The summed E-state index contributed by atoms with van der Waals surface area (Å²) in [7, 11) is 1.28. The molecule has 108 valence electrons. The Morgan fingerprint density at radius 2 is 1.86 bits per heavy atom. The number of hydrogen-bond donors (Lipinski definition) is 1. The molecule has 0 aliphatic rings. The van der Waals surface area contributed by atoms with Crippen molar-refractivity contribution in [3.8, 4) is 11.1 Å². The standard InChI is InChI=1S/C16H13ClO4/c1-9-4-3-5-11(14(9)15(18)19)12-8-10(16(20)21-2)6-7-13(12)17/h3-8H,1-2H3,(H,18,19). The molecule has 0 saturated heterocycles. The zero-order valence-electron chi connectivity index (χ0n) is 11.5. The van der Waals surface area contributed by atoms with Crippen molar-refractivity contribution in [3.05, 3.63) is 58.1 Å². The van der Waals surface area contributed by atoms with Crippen molar-refractivity contribution in [2.45, 2.75) is 6.92 Å². The number of esters is 1. The molecule has 0 heterocycles. The van der Waals surface area contributed by atoms with E-state index in [1.54, 1.807) is 31.2 Å². The summed E-state index contributed by atoms with van der Waals surface area (Å²) in [5, 5.41) is 9.76. The highest BCUT2D eigenvalue weighted by molar-refractivity contribution is 6.33. The smallest absolute Gasteiger partial charge is 0.337 e. The highest BCUT2D eigenvalue weighted by Gasteiger charge is 2.18. The van der Waals surface area contributed by atoms with Crippen LogP contribution in [0.3, 0.4) is 0 Å². The molecule has 0 unspecified atom stereocenters. The largest absolute Gasteiger partial charge is 0.478 e. The lowest BCUT2D eigenvalue weighted by Gasteiger charge is -2.12. The lowest BCUT2D eigenvalue weighted by molar-refractivity contribution is 0.0600. The number of ether oxygens (including phenoxy) is 1. The first-order valence-electron chi connectivity index (χ1n) is 6.17. The molecule has 1 N–H and O–H groups in total. The zero-order valence-corrected chi connectivity index (χ0v) is 12.3. The molecule has 2 aromatic rings. The van der Waals surface area contributed by atoms with E-state index in [1.807, 2.05) is 0 Å². The van der Waals surface area contributed by atoms with Gasteiger partial charge in [-0.15, -0.1) is 0 Å². The minimum Gasteiger partial charge on any atom is -0.478 e. The van der Waals surface area contributed by atoms with Crippen LogP contribution in [0.1, 0.15) is 26.3 Å². The Bertz CT molecular complexity index is 722. The van der Waals surface area contributed by atoms with Gasteiger partial charge in [-0.1, -0.05) is 29.8 Å². The van der Waals surface area contributed by atoms with E-state index in [0.29, 0.717) is 27.3 Å². The fraction of sp³-hybridized carbons (Fsp3) is 0.125. The molecule has 21 heavy (non-hydrogen) atoms. The quantitative estimate of drug-likeness (QED) is 0.876. The molecule has 0 aromatic heterocycles. The zero-order chi connectivity index (χ0) is 15.6. The number of carbonyl (C=O) groups is 2. The molecule has 0 radical (unpaired) electrons. The summed E-state index contributed by atoms with van der Waals surface area (Å²) in [6.45, 7) is 1.71. The van der Waals surface area contributed by atoms with E-state index in [0.717, 1.165) is 0 Å². The molecule has 0 spiro atoms. The maximum absolute atomic E-state index is 11.6. The second-order valence-corrected chi connectivity index (χ2v) is 4.90. The molecule has 0 bridgehead atoms. The number of methoxy groups -OCH3 is 1. The topological polar surface area (TPSA) is 63.6 Å². The second kappa shape index (κ2) is 5.97. The van der Waals surface area contributed by atoms with Crippen LogP contribution < -0.4 is 0 Å². The summed E-state index contributed by atoms with van der Waals surface area (Å²) in [5.41, 5.74) is 2.06. The third-order valence-corrected chi connectivity index (χ3v) is 3.49. The van der Waals surface area contributed by atoms with Gasteiger partial charge in [-0.3, -0.25) is 0 Å². The Kier molecular flexibility index (Phi) is 4.29. The van der Waals surface area contributed by atoms with Crippen LogP contribution in [-0.2, 0) is 4.74 Å². The highest BCUT2D eigenvalue weighted by atomic mass is 35.5. The number of halogens is 1. The average Bonchev–Trinajstić information content (AvgIpc) is 2.46. The number of hydrogen-bond acceptors (Lipinski definition) is 3. The van der Waals surface area contributed by atoms with Gasteiger partial charge in [0.2, 0.25) is 0 Å². The molecule has 0 aliphatic carbocycles. The van der Waals surface area contributed by atoms with Gasteiger partial charge in [0.1, 0.15) is 0 Å². The molecule has 0 aliphatic heterocycles. The average molecular weight is 305 g/mol. The van der Waals surface area contributed by atoms with Crippen LogP contribution in [0.5, 0.6) is 0 Å². The second-order valence-electron chi connectivity index (χ2n) is 4.49. The molecule has 0 saturated carbocycles. The van der Waals surface area contributed by atoms with E-state index in [-0.39, 0.29) is 5.56 Å². The van der Waals surface area contributed by atoms with Crippen LogP contribution in [0, 0.1) is 6.92 Å². The van der Waals surface area contributed by atoms with E-state index in [2.05, 4.69) is 4.74 Å². The van der Waals surface area contributed by atoms with Crippen molar-refractivity contribution in [1.82, 2.24) is 0 Å².